The van der Waals surface area contributed by atoms with E-state index in [1.165, 1.54) is 12.1 Å². The number of anilines is 1. The van der Waals surface area contributed by atoms with Gasteiger partial charge in [0.05, 0.1) is 29.5 Å². The third kappa shape index (κ3) is 13.2. The largest absolute Gasteiger partial charge is 0.494 e. The molecule has 1 amide bonds. The molecule has 40 heavy (non-hydrogen) atoms. The van der Waals surface area contributed by atoms with Crippen molar-refractivity contribution in [1.82, 2.24) is 0 Å². The summed E-state index contributed by atoms with van der Waals surface area (Å²) in [7, 11) is 0. The lowest BCUT2D eigenvalue weighted by molar-refractivity contribution is -0.143. The number of esters is 2. The molecule has 0 saturated heterocycles. The van der Waals surface area contributed by atoms with Gasteiger partial charge in [-0.3, -0.25) is 14.4 Å². The van der Waals surface area contributed by atoms with Crippen molar-refractivity contribution < 1.29 is 41.8 Å². The van der Waals surface area contributed by atoms with E-state index in [0.29, 0.717) is 31.5 Å². The number of rotatable bonds is 17. The maximum absolute atomic E-state index is 12.9. The van der Waals surface area contributed by atoms with E-state index in [9.17, 15) is 27.6 Å². The molecule has 0 aliphatic rings. The molecule has 0 radical (unpaired) electrons. The standard InChI is InChI=1S/C29H35ClF3NO6/c1-2-38-27(36)11-9-7-5-3-4-6-8-10-18-39-22-13-15-23(16-14-22)40-28(37)20-26(35)34-25-19-21(29(31,32)33)12-17-24(25)30/h12-17,19H,2-11,18,20H2,1H3,(H,34,35). The lowest BCUT2D eigenvalue weighted by Gasteiger charge is -2.11. The van der Waals surface area contributed by atoms with Gasteiger partial charge in [-0.1, -0.05) is 50.1 Å². The van der Waals surface area contributed by atoms with Crippen LogP contribution in [0.5, 0.6) is 11.5 Å². The molecule has 2 aromatic carbocycles. The van der Waals surface area contributed by atoms with Crippen molar-refractivity contribution >= 4 is 35.1 Å². The molecule has 1 N–H and O–H groups in total. The van der Waals surface area contributed by atoms with Gasteiger partial charge in [-0.2, -0.15) is 13.2 Å². The van der Waals surface area contributed by atoms with E-state index in [2.05, 4.69) is 5.32 Å². The predicted octanol–water partition coefficient (Wildman–Crippen LogP) is 7.75. The summed E-state index contributed by atoms with van der Waals surface area (Å²) in [5.41, 5.74) is -1.23. The molecule has 2 rings (SSSR count). The third-order valence-corrected chi connectivity index (χ3v) is 6.11. The van der Waals surface area contributed by atoms with Gasteiger partial charge in [0.2, 0.25) is 5.91 Å². The van der Waals surface area contributed by atoms with E-state index >= 15 is 0 Å². The number of halogens is 4. The van der Waals surface area contributed by atoms with Crippen LogP contribution in [0.25, 0.3) is 0 Å². The summed E-state index contributed by atoms with van der Waals surface area (Å²) >= 11 is 5.85. The van der Waals surface area contributed by atoms with Crippen molar-refractivity contribution in [1.29, 1.82) is 0 Å². The number of hydrogen-bond acceptors (Lipinski definition) is 6. The Labute approximate surface area is 237 Å². The van der Waals surface area contributed by atoms with Gasteiger partial charge in [-0.25, -0.2) is 0 Å². The minimum absolute atomic E-state index is 0.0929. The predicted molar refractivity (Wildman–Crippen MR) is 145 cm³/mol. The van der Waals surface area contributed by atoms with Crippen molar-refractivity contribution in [3.63, 3.8) is 0 Å². The van der Waals surface area contributed by atoms with E-state index < -0.39 is 30.0 Å². The maximum atomic E-state index is 12.9. The Morgan fingerprint density at radius 1 is 0.825 bits per heavy atom. The van der Waals surface area contributed by atoms with Gasteiger partial charge in [0, 0.05) is 6.42 Å². The zero-order valence-electron chi connectivity index (χ0n) is 22.5. The van der Waals surface area contributed by atoms with Crippen LogP contribution >= 0.6 is 11.6 Å². The SMILES string of the molecule is CCOC(=O)CCCCCCCCCCOc1ccc(OC(=O)CC(=O)Nc2cc(C(F)(F)F)ccc2Cl)cc1. The van der Waals surface area contributed by atoms with Crippen LogP contribution in [0, 0.1) is 0 Å². The molecule has 0 unspecified atom stereocenters. The van der Waals surface area contributed by atoms with Crippen molar-refractivity contribution in [3.05, 3.63) is 53.1 Å². The maximum Gasteiger partial charge on any atom is 0.416 e. The smallest absolute Gasteiger partial charge is 0.416 e. The molecule has 7 nitrogen and oxygen atoms in total. The summed E-state index contributed by atoms with van der Waals surface area (Å²) in [5.74, 6) is -1.06. The first kappa shape index (κ1) is 32.9. The van der Waals surface area contributed by atoms with Crippen molar-refractivity contribution in [2.75, 3.05) is 18.5 Å². The molecule has 2 aromatic rings. The summed E-state index contributed by atoms with van der Waals surface area (Å²) in [5, 5.41) is 2.11. The molecule has 220 valence electrons. The van der Waals surface area contributed by atoms with E-state index in [-0.39, 0.29) is 22.4 Å². The van der Waals surface area contributed by atoms with Gasteiger partial charge in [-0.15, -0.1) is 0 Å². The highest BCUT2D eigenvalue weighted by molar-refractivity contribution is 6.33. The van der Waals surface area contributed by atoms with Crippen LogP contribution in [0.1, 0.15) is 76.7 Å². The second-order valence-corrected chi connectivity index (χ2v) is 9.50. The van der Waals surface area contributed by atoms with Crippen LogP contribution in [0.4, 0.5) is 18.9 Å². The normalized spacial score (nSPS) is 11.1. The summed E-state index contributed by atoms with van der Waals surface area (Å²) in [6.07, 6.45) is 3.56. The van der Waals surface area contributed by atoms with Gasteiger partial charge in [-0.05, 0) is 62.2 Å². The summed E-state index contributed by atoms with van der Waals surface area (Å²) in [4.78, 5) is 35.5. The number of carbonyl (C=O) groups excluding carboxylic acids is 3. The summed E-state index contributed by atoms with van der Waals surface area (Å²) < 4.78 is 54.4. The molecule has 0 heterocycles. The molecule has 0 aromatic heterocycles. The number of unbranched alkanes of at least 4 members (excludes halogenated alkanes) is 7. The first-order chi connectivity index (χ1) is 19.1. The quantitative estimate of drug-likeness (QED) is 0.0883. The van der Waals surface area contributed by atoms with Gasteiger partial charge in [0.1, 0.15) is 17.9 Å². The van der Waals surface area contributed by atoms with Crippen LogP contribution in [-0.4, -0.2) is 31.1 Å². The molecule has 0 aliphatic carbocycles. The highest BCUT2D eigenvalue weighted by Gasteiger charge is 2.31. The monoisotopic (exact) mass is 585 g/mol. The number of amides is 1. The van der Waals surface area contributed by atoms with Crippen LogP contribution in [-0.2, 0) is 25.3 Å². The number of nitrogens with one attached hydrogen (secondary N) is 1. The topological polar surface area (TPSA) is 90.9 Å². The highest BCUT2D eigenvalue weighted by Crippen LogP contribution is 2.33. The summed E-state index contributed by atoms with van der Waals surface area (Å²) in [6.45, 7) is 2.79. The van der Waals surface area contributed by atoms with Crippen LogP contribution in [0.2, 0.25) is 5.02 Å². The first-order valence-corrected chi connectivity index (χ1v) is 13.7. The molecule has 0 atom stereocenters. The molecular weight excluding hydrogens is 551 g/mol. The molecule has 0 aliphatic heterocycles. The minimum atomic E-state index is -4.60. The Morgan fingerprint density at radius 3 is 2.05 bits per heavy atom. The van der Waals surface area contributed by atoms with Crippen LogP contribution in [0.3, 0.4) is 0 Å². The zero-order chi connectivity index (χ0) is 29.4. The van der Waals surface area contributed by atoms with E-state index in [4.69, 9.17) is 25.8 Å². The van der Waals surface area contributed by atoms with Gasteiger partial charge in [0.25, 0.3) is 0 Å². The van der Waals surface area contributed by atoms with Crippen LogP contribution in [0.15, 0.2) is 42.5 Å². The highest BCUT2D eigenvalue weighted by atomic mass is 35.5. The third-order valence-electron chi connectivity index (χ3n) is 5.78. The number of alkyl halides is 3. The molecule has 0 spiro atoms. The van der Waals surface area contributed by atoms with Crippen molar-refractivity contribution in [2.45, 2.75) is 77.3 Å². The summed E-state index contributed by atoms with van der Waals surface area (Å²) in [6, 6.07) is 8.84. The minimum Gasteiger partial charge on any atom is -0.494 e. The Bertz CT molecular complexity index is 1090. The lowest BCUT2D eigenvalue weighted by atomic mass is 10.1. The Kier molecular flexibility index (Phi) is 14.4. The molecule has 0 fully saturated rings. The average molecular weight is 586 g/mol. The molecular formula is C29H35ClF3NO6. The van der Waals surface area contributed by atoms with E-state index in [1.807, 2.05) is 6.92 Å². The van der Waals surface area contributed by atoms with E-state index in [1.54, 1.807) is 12.1 Å². The first-order valence-electron chi connectivity index (χ1n) is 13.3. The van der Waals surface area contributed by atoms with Crippen molar-refractivity contribution in [3.8, 4) is 11.5 Å². The molecule has 0 bridgehead atoms. The lowest BCUT2D eigenvalue weighted by Crippen LogP contribution is -2.20. The number of carbonyl (C=O) groups is 3. The van der Waals surface area contributed by atoms with Crippen LogP contribution < -0.4 is 14.8 Å². The van der Waals surface area contributed by atoms with Gasteiger partial charge < -0.3 is 19.5 Å². The second kappa shape index (κ2) is 17.4. The fraction of sp³-hybridized carbons (Fsp3) is 0.483. The molecule has 0 saturated carbocycles. The Morgan fingerprint density at radius 2 is 1.43 bits per heavy atom. The Balaban J connectivity index is 1.59. The second-order valence-electron chi connectivity index (χ2n) is 9.09. The Hall–Kier alpha value is -3.27. The fourth-order valence-electron chi connectivity index (χ4n) is 3.75. The number of ether oxygens (including phenoxy) is 3. The zero-order valence-corrected chi connectivity index (χ0v) is 23.2. The fourth-order valence-corrected chi connectivity index (χ4v) is 3.91. The number of benzene rings is 2. The van der Waals surface area contributed by atoms with Gasteiger partial charge in [0.15, 0.2) is 0 Å². The van der Waals surface area contributed by atoms with Gasteiger partial charge >= 0.3 is 18.1 Å². The average Bonchev–Trinajstić information content (AvgIpc) is 2.89. The number of hydrogen-bond donors (Lipinski definition) is 1. The van der Waals surface area contributed by atoms with Crippen molar-refractivity contribution in [2.24, 2.45) is 0 Å². The molecule has 11 heteroatoms. The van der Waals surface area contributed by atoms with E-state index in [0.717, 1.165) is 63.5 Å².